The number of hydrogen-bond acceptors (Lipinski definition) is 6. The van der Waals surface area contributed by atoms with Gasteiger partial charge in [-0.05, 0) is 25.5 Å². The van der Waals surface area contributed by atoms with E-state index in [1.807, 2.05) is 0 Å². The molecule has 0 aliphatic carbocycles. The third-order valence-corrected chi connectivity index (χ3v) is 3.52. The molecule has 0 atom stereocenters. The summed E-state index contributed by atoms with van der Waals surface area (Å²) in [6.07, 6.45) is 0. The first-order chi connectivity index (χ1) is 11.7. The monoisotopic (exact) mass is 348 g/mol. The second-order valence-electron chi connectivity index (χ2n) is 4.99. The standard InChI is InChI=1S/C8H7NO4.C8H9NO3/c1-5-6(8(10)11)3-2-4-7(5)9(12)13;1-6-7(5-10)3-2-4-8(6)9(11)12/h2-4H,1H3,(H,10,11);2-4,10H,5H2,1H3. The SMILES string of the molecule is Cc1c(C(=O)O)cccc1[N+](=O)[O-].Cc1c(CO)cccc1[N+](=O)[O-]. The molecule has 0 amide bonds. The van der Waals surface area contributed by atoms with Crippen LogP contribution in [0.2, 0.25) is 0 Å². The Hall–Kier alpha value is -3.33. The molecule has 2 aromatic carbocycles. The molecule has 9 nitrogen and oxygen atoms in total. The van der Waals surface area contributed by atoms with Crippen molar-refractivity contribution in [2.24, 2.45) is 0 Å². The lowest BCUT2D eigenvalue weighted by atomic mass is 10.1. The van der Waals surface area contributed by atoms with E-state index in [4.69, 9.17) is 10.2 Å². The predicted molar refractivity (Wildman–Crippen MR) is 88.5 cm³/mol. The fraction of sp³-hybridized carbons (Fsp3) is 0.188. The van der Waals surface area contributed by atoms with E-state index in [2.05, 4.69) is 0 Å². The number of nitro benzene ring substituents is 2. The zero-order chi connectivity index (χ0) is 19.1. The van der Waals surface area contributed by atoms with Gasteiger partial charge in [0.15, 0.2) is 0 Å². The van der Waals surface area contributed by atoms with E-state index in [1.165, 1.54) is 31.2 Å². The number of benzene rings is 2. The van der Waals surface area contributed by atoms with E-state index < -0.39 is 15.8 Å². The molecule has 0 aliphatic rings. The Kier molecular flexibility index (Phi) is 6.71. The summed E-state index contributed by atoms with van der Waals surface area (Å²) in [4.78, 5) is 30.4. The van der Waals surface area contributed by atoms with Gasteiger partial charge in [-0.3, -0.25) is 20.2 Å². The molecule has 25 heavy (non-hydrogen) atoms. The minimum atomic E-state index is -1.15. The number of nitrogens with zero attached hydrogens (tertiary/aromatic N) is 2. The van der Waals surface area contributed by atoms with Crippen molar-refractivity contribution in [1.29, 1.82) is 0 Å². The molecule has 0 unspecified atom stereocenters. The lowest BCUT2D eigenvalue weighted by Gasteiger charge is -2.01. The molecule has 0 bridgehead atoms. The lowest BCUT2D eigenvalue weighted by molar-refractivity contribution is -0.385. The third-order valence-electron chi connectivity index (χ3n) is 3.52. The number of carboxylic acids is 1. The van der Waals surface area contributed by atoms with Crippen LogP contribution in [-0.4, -0.2) is 26.0 Å². The Labute approximate surface area is 142 Å². The van der Waals surface area contributed by atoms with Crippen molar-refractivity contribution in [3.8, 4) is 0 Å². The Balaban J connectivity index is 0.000000251. The third kappa shape index (κ3) is 4.82. The van der Waals surface area contributed by atoms with Crippen molar-refractivity contribution in [2.75, 3.05) is 0 Å². The first kappa shape index (κ1) is 19.7. The summed E-state index contributed by atoms with van der Waals surface area (Å²) in [5, 5.41) is 38.3. The molecular weight excluding hydrogens is 332 g/mol. The molecule has 0 aromatic heterocycles. The van der Waals surface area contributed by atoms with Gasteiger partial charge in [0.25, 0.3) is 11.4 Å². The fourth-order valence-corrected chi connectivity index (χ4v) is 2.09. The van der Waals surface area contributed by atoms with Crippen molar-refractivity contribution in [2.45, 2.75) is 20.5 Å². The van der Waals surface area contributed by atoms with E-state index in [9.17, 15) is 25.0 Å². The number of aliphatic hydroxyl groups is 1. The highest BCUT2D eigenvalue weighted by molar-refractivity contribution is 5.90. The van der Waals surface area contributed by atoms with Crippen LogP contribution < -0.4 is 0 Å². The summed E-state index contributed by atoms with van der Waals surface area (Å²) >= 11 is 0. The minimum Gasteiger partial charge on any atom is -0.478 e. The summed E-state index contributed by atoms with van der Waals surface area (Å²) in [5.74, 6) is -1.15. The molecule has 2 aromatic rings. The summed E-state index contributed by atoms with van der Waals surface area (Å²) in [6, 6.07) is 8.63. The second-order valence-corrected chi connectivity index (χ2v) is 4.99. The van der Waals surface area contributed by atoms with E-state index in [0.717, 1.165) is 0 Å². The van der Waals surface area contributed by atoms with Crippen LogP contribution in [0.3, 0.4) is 0 Å². The van der Waals surface area contributed by atoms with Gasteiger partial charge in [-0.15, -0.1) is 0 Å². The molecule has 0 saturated carbocycles. The van der Waals surface area contributed by atoms with Crippen molar-refractivity contribution >= 4 is 17.3 Å². The maximum atomic E-state index is 10.6. The van der Waals surface area contributed by atoms with E-state index in [0.29, 0.717) is 11.1 Å². The summed E-state index contributed by atoms with van der Waals surface area (Å²) < 4.78 is 0. The number of rotatable bonds is 4. The van der Waals surface area contributed by atoms with Gasteiger partial charge < -0.3 is 10.2 Å². The fourth-order valence-electron chi connectivity index (χ4n) is 2.09. The summed E-state index contributed by atoms with van der Waals surface area (Å²) in [7, 11) is 0. The normalized spacial score (nSPS) is 9.72. The Bertz CT molecular complexity index is 786. The molecule has 2 rings (SSSR count). The van der Waals surface area contributed by atoms with Crippen molar-refractivity contribution in [3.05, 3.63) is 78.9 Å². The molecule has 9 heteroatoms. The Morgan fingerprint density at radius 3 is 1.88 bits per heavy atom. The highest BCUT2D eigenvalue weighted by Gasteiger charge is 2.16. The highest BCUT2D eigenvalue weighted by Crippen LogP contribution is 2.21. The van der Waals surface area contributed by atoms with Crippen LogP contribution >= 0.6 is 0 Å². The van der Waals surface area contributed by atoms with Crippen molar-refractivity contribution < 1.29 is 24.9 Å². The van der Waals surface area contributed by atoms with Gasteiger partial charge >= 0.3 is 5.97 Å². The second kappa shape index (κ2) is 8.50. The number of nitro groups is 2. The van der Waals surface area contributed by atoms with Crippen molar-refractivity contribution in [1.82, 2.24) is 0 Å². The predicted octanol–water partition coefficient (Wildman–Crippen LogP) is 3.00. The molecule has 0 spiro atoms. The zero-order valence-electron chi connectivity index (χ0n) is 13.5. The first-order valence-electron chi connectivity index (χ1n) is 7.01. The number of aliphatic hydroxyl groups excluding tert-OH is 1. The van der Waals surface area contributed by atoms with Crippen molar-refractivity contribution in [3.63, 3.8) is 0 Å². The van der Waals surface area contributed by atoms with E-state index >= 15 is 0 Å². The van der Waals surface area contributed by atoms with Crippen LogP contribution in [0, 0.1) is 34.1 Å². The minimum absolute atomic E-state index is 0.0331. The maximum absolute atomic E-state index is 10.6. The van der Waals surface area contributed by atoms with E-state index in [1.54, 1.807) is 19.1 Å². The molecule has 2 N–H and O–H groups in total. The zero-order valence-corrected chi connectivity index (χ0v) is 13.5. The summed E-state index contributed by atoms with van der Waals surface area (Å²) in [6.45, 7) is 2.89. The molecule has 0 aliphatic heterocycles. The quantitative estimate of drug-likeness (QED) is 0.638. The number of carboxylic acid groups (broad SMARTS) is 1. The van der Waals surface area contributed by atoms with Crippen LogP contribution in [0.15, 0.2) is 36.4 Å². The van der Waals surface area contributed by atoms with Crippen LogP contribution in [0.5, 0.6) is 0 Å². The topological polar surface area (TPSA) is 144 Å². The van der Waals surface area contributed by atoms with Gasteiger partial charge in [-0.1, -0.05) is 18.2 Å². The molecule has 132 valence electrons. The average molecular weight is 348 g/mol. The van der Waals surface area contributed by atoms with Gasteiger partial charge in [0.05, 0.1) is 22.0 Å². The van der Waals surface area contributed by atoms with Gasteiger partial charge in [0.2, 0.25) is 0 Å². The smallest absolute Gasteiger partial charge is 0.336 e. The molecule has 0 radical (unpaired) electrons. The van der Waals surface area contributed by atoms with Crippen LogP contribution in [0.4, 0.5) is 11.4 Å². The summed E-state index contributed by atoms with van der Waals surface area (Å²) in [5.41, 5.74) is 1.17. The average Bonchev–Trinajstić information content (AvgIpc) is 2.55. The van der Waals surface area contributed by atoms with E-state index in [-0.39, 0.29) is 29.1 Å². The molecule has 0 saturated heterocycles. The largest absolute Gasteiger partial charge is 0.478 e. The lowest BCUT2D eigenvalue weighted by Crippen LogP contribution is -2.02. The maximum Gasteiger partial charge on any atom is 0.336 e. The highest BCUT2D eigenvalue weighted by atomic mass is 16.6. The van der Waals surface area contributed by atoms with Gasteiger partial charge in [0.1, 0.15) is 0 Å². The number of carbonyl (C=O) groups is 1. The Morgan fingerprint density at radius 1 is 0.960 bits per heavy atom. The molecule has 0 fully saturated rings. The number of aromatic carboxylic acids is 1. The Morgan fingerprint density at radius 2 is 1.44 bits per heavy atom. The van der Waals surface area contributed by atoms with Gasteiger partial charge in [0, 0.05) is 23.3 Å². The van der Waals surface area contributed by atoms with Crippen LogP contribution in [0.1, 0.15) is 27.0 Å². The molecular formula is C16H16N2O7. The number of hydrogen-bond donors (Lipinski definition) is 2. The van der Waals surface area contributed by atoms with Gasteiger partial charge in [-0.2, -0.15) is 0 Å². The van der Waals surface area contributed by atoms with Crippen LogP contribution in [-0.2, 0) is 6.61 Å². The molecule has 0 heterocycles. The first-order valence-corrected chi connectivity index (χ1v) is 7.01. The van der Waals surface area contributed by atoms with Gasteiger partial charge in [-0.25, -0.2) is 4.79 Å². The van der Waals surface area contributed by atoms with Crippen LogP contribution in [0.25, 0.3) is 0 Å².